The third kappa shape index (κ3) is 3.20. The SMILES string of the molecule is COc1ccnc(COc2ccc(C#N)c(F)c2)c1OC. The monoisotopic (exact) mass is 288 g/mol. The summed E-state index contributed by atoms with van der Waals surface area (Å²) in [4.78, 5) is 4.15. The van der Waals surface area contributed by atoms with Gasteiger partial charge in [0.05, 0.1) is 19.8 Å². The van der Waals surface area contributed by atoms with Gasteiger partial charge in [0.25, 0.3) is 0 Å². The van der Waals surface area contributed by atoms with Gasteiger partial charge in [-0.3, -0.25) is 4.98 Å². The van der Waals surface area contributed by atoms with E-state index in [0.29, 0.717) is 22.9 Å². The van der Waals surface area contributed by atoms with Gasteiger partial charge in [0.15, 0.2) is 11.5 Å². The van der Waals surface area contributed by atoms with Crippen molar-refractivity contribution in [3.63, 3.8) is 0 Å². The molecule has 0 saturated carbocycles. The smallest absolute Gasteiger partial charge is 0.185 e. The molecule has 0 aliphatic heterocycles. The van der Waals surface area contributed by atoms with Crippen molar-refractivity contribution in [1.29, 1.82) is 5.26 Å². The first kappa shape index (κ1) is 14.6. The lowest BCUT2D eigenvalue weighted by atomic mass is 10.2. The third-order valence-corrected chi connectivity index (χ3v) is 2.80. The van der Waals surface area contributed by atoms with Crippen LogP contribution in [0, 0.1) is 17.1 Å². The normalized spacial score (nSPS) is 9.81. The number of hydrogen-bond acceptors (Lipinski definition) is 5. The van der Waals surface area contributed by atoms with E-state index in [4.69, 9.17) is 19.5 Å². The van der Waals surface area contributed by atoms with Crippen LogP contribution in [0.15, 0.2) is 30.5 Å². The number of methoxy groups -OCH3 is 2. The molecule has 0 atom stereocenters. The summed E-state index contributed by atoms with van der Waals surface area (Å²) < 4.78 is 29.3. The summed E-state index contributed by atoms with van der Waals surface area (Å²) in [6.07, 6.45) is 1.57. The Hall–Kier alpha value is -2.81. The van der Waals surface area contributed by atoms with Crippen molar-refractivity contribution in [2.24, 2.45) is 0 Å². The van der Waals surface area contributed by atoms with Crippen molar-refractivity contribution in [1.82, 2.24) is 4.98 Å². The van der Waals surface area contributed by atoms with E-state index in [9.17, 15) is 4.39 Å². The van der Waals surface area contributed by atoms with Crippen LogP contribution in [0.1, 0.15) is 11.3 Å². The largest absolute Gasteiger partial charge is 0.493 e. The fourth-order valence-corrected chi connectivity index (χ4v) is 1.78. The maximum atomic E-state index is 13.5. The standard InChI is InChI=1S/C15H13FN2O3/c1-19-14-5-6-18-13(15(14)20-2)9-21-11-4-3-10(8-17)12(16)7-11/h3-7H,9H2,1-2H3. The molecule has 0 aliphatic rings. The van der Waals surface area contributed by atoms with Crippen LogP contribution in [0.3, 0.4) is 0 Å². The Morgan fingerprint density at radius 2 is 2.05 bits per heavy atom. The molecule has 0 radical (unpaired) electrons. The highest BCUT2D eigenvalue weighted by atomic mass is 19.1. The Labute approximate surface area is 121 Å². The second kappa shape index (κ2) is 6.57. The minimum Gasteiger partial charge on any atom is -0.493 e. The van der Waals surface area contributed by atoms with Crippen LogP contribution < -0.4 is 14.2 Å². The molecule has 5 nitrogen and oxygen atoms in total. The van der Waals surface area contributed by atoms with E-state index in [1.165, 1.54) is 26.4 Å². The van der Waals surface area contributed by atoms with E-state index in [1.54, 1.807) is 18.3 Å². The first-order chi connectivity index (χ1) is 10.2. The number of hydrogen-bond donors (Lipinski definition) is 0. The van der Waals surface area contributed by atoms with E-state index in [1.807, 2.05) is 0 Å². The van der Waals surface area contributed by atoms with Crippen molar-refractivity contribution in [2.75, 3.05) is 14.2 Å². The molecule has 2 aromatic rings. The zero-order valence-electron chi connectivity index (χ0n) is 11.6. The van der Waals surface area contributed by atoms with Crippen LogP contribution in [-0.4, -0.2) is 19.2 Å². The zero-order chi connectivity index (χ0) is 15.2. The van der Waals surface area contributed by atoms with Crippen molar-refractivity contribution in [3.8, 4) is 23.3 Å². The molecule has 1 heterocycles. The Morgan fingerprint density at radius 3 is 2.67 bits per heavy atom. The molecule has 21 heavy (non-hydrogen) atoms. The maximum Gasteiger partial charge on any atom is 0.185 e. The molecular formula is C15H13FN2O3. The number of ether oxygens (including phenoxy) is 3. The number of nitrogens with zero attached hydrogens (tertiary/aromatic N) is 2. The highest BCUT2D eigenvalue weighted by Crippen LogP contribution is 2.29. The average Bonchev–Trinajstić information content (AvgIpc) is 2.52. The van der Waals surface area contributed by atoms with Crippen molar-refractivity contribution >= 4 is 0 Å². The second-order valence-corrected chi connectivity index (χ2v) is 4.04. The van der Waals surface area contributed by atoms with Gasteiger partial charge in [0.1, 0.15) is 29.9 Å². The van der Waals surface area contributed by atoms with E-state index in [0.717, 1.165) is 6.07 Å². The summed E-state index contributed by atoms with van der Waals surface area (Å²) in [5.74, 6) is 0.685. The topological polar surface area (TPSA) is 64.4 Å². The molecule has 1 aromatic heterocycles. The Balaban J connectivity index is 2.17. The highest BCUT2D eigenvalue weighted by Gasteiger charge is 2.12. The zero-order valence-corrected chi connectivity index (χ0v) is 11.6. The Kier molecular flexibility index (Phi) is 4.57. The van der Waals surface area contributed by atoms with Gasteiger partial charge < -0.3 is 14.2 Å². The van der Waals surface area contributed by atoms with Gasteiger partial charge in [-0.25, -0.2) is 4.39 Å². The number of rotatable bonds is 5. The molecule has 0 aliphatic carbocycles. The fraction of sp³-hybridized carbons (Fsp3) is 0.200. The molecule has 2 rings (SSSR count). The molecule has 0 fully saturated rings. The van der Waals surface area contributed by atoms with Crippen LogP contribution in [-0.2, 0) is 6.61 Å². The average molecular weight is 288 g/mol. The molecule has 0 saturated heterocycles. The van der Waals surface area contributed by atoms with Gasteiger partial charge in [-0.15, -0.1) is 0 Å². The van der Waals surface area contributed by atoms with Crippen molar-refractivity contribution < 1.29 is 18.6 Å². The van der Waals surface area contributed by atoms with Crippen LogP contribution in [0.4, 0.5) is 4.39 Å². The second-order valence-electron chi connectivity index (χ2n) is 4.04. The van der Waals surface area contributed by atoms with Crippen molar-refractivity contribution in [2.45, 2.75) is 6.61 Å². The van der Waals surface area contributed by atoms with Gasteiger partial charge >= 0.3 is 0 Å². The molecular weight excluding hydrogens is 275 g/mol. The number of halogens is 1. The molecule has 0 amide bonds. The number of aromatic nitrogens is 1. The van der Waals surface area contributed by atoms with E-state index < -0.39 is 5.82 Å². The van der Waals surface area contributed by atoms with Crippen LogP contribution in [0.25, 0.3) is 0 Å². The third-order valence-electron chi connectivity index (χ3n) is 2.80. The first-order valence-corrected chi connectivity index (χ1v) is 6.08. The Morgan fingerprint density at radius 1 is 1.24 bits per heavy atom. The molecule has 6 heteroatoms. The van der Waals surface area contributed by atoms with Gasteiger partial charge in [-0.1, -0.05) is 0 Å². The van der Waals surface area contributed by atoms with E-state index >= 15 is 0 Å². The van der Waals surface area contributed by atoms with Crippen LogP contribution in [0.2, 0.25) is 0 Å². The summed E-state index contributed by atoms with van der Waals surface area (Å²) in [5.41, 5.74) is 0.501. The predicted molar refractivity (Wildman–Crippen MR) is 72.8 cm³/mol. The van der Waals surface area contributed by atoms with Gasteiger partial charge in [0.2, 0.25) is 0 Å². The quantitative estimate of drug-likeness (QED) is 0.846. The van der Waals surface area contributed by atoms with E-state index in [-0.39, 0.29) is 12.2 Å². The minimum absolute atomic E-state index is 0.0283. The maximum absolute atomic E-state index is 13.5. The Bertz CT molecular complexity index is 683. The minimum atomic E-state index is -0.624. The first-order valence-electron chi connectivity index (χ1n) is 6.08. The van der Waals surface area contributed by atoms with Crippen LogP contribution in [0.5, 0.6) is 17.2 Å². The molecule has 0 spiro atoms. The summed E-state index contributed by atoms with van der Waals surface area (Å²) in [6, 6.07) is 7.46. The lowest BCUT2D eigenvalue weighted by Crippen LogP contribution is -2.03. The van der Waals surface area contributed by atoms with Gasteiger partial charge in [0, 0.05) is 18.3 Å². The number of benzene rings is 1. The van der Waals surface area contributed by atoms with Crippen LogP contribution >= 0.6 is 0 Å². The van der Waals surface area contributed by atoms with Gasteiger partial charge in [-0.2, -0.15) is 5.26 Å². The van der Waals surface area contributed by atoms with E-state index in [2.05, 4.69) is 4.98 Å². The summed E-state index contributed by atoms with van der Waals surface area (Å²) >= 11 is 0. The highest BCUT2D eigenvalue weighted by molar-refractivity contribution is 5.42. The molecule has 0 unspecified atom stereocenters. The summed E-state index contributed by atoms with van der Waals surface area (Å²) in [7, 11) is 3.03. The predicted octanol–water partition coefficient (Wildman–Crippen LogP) is 2.69. The molecule has 0 N–H and O–H groups in total. The fourth-order valence-electron chi connectivity index (χ4n) is 1.78. The van der Waals surface area contributed by atoms with Gasteiger partial charge in [-0.05, 0) is 12.1 Å². The molecule has 108 valence electrons. The summed E-state index contributed by atoms with van der Waals surface area (Å²) in [6.45, 7) is 0.0890. The summed E-state index contributed by atoms with van der Waals surface area (Å²) in [5, 5.41) is 8.67. The molecule has 1 aromatic carbocycles. The lowest BCUT2D eigenvalue weighted by molar-refractivity contribution is 0.283. The molecule has 0 bridgehead atoms. The number of nitriles is 1. The number of pyridine rings is 1. The lowest BCUT2D eigenvalue weighted by Gasteiger charge is -2.12. The van der Waals surface area contributed by atoms with Crippen molar-refractivity contribution in [3.05, 3.63) is 47.5 Å².